The van der Waals surface area contributed by atoms with Crippen LogP contribution in [0.15, 0.2) is 36.7 Å². The number of carbonyl (C=O) groups is 1. The minimum absolute atomic E-state index is 0.0217. The third-order valence-corrected chi connectivity index (χ3v) is 5.71. The maximum absolute atomic E-state index is 12.7. The predicted octanol–water partition coefficient (Wildman–Crippen LogP) is 3.18. The van der Waals surface area contributed by atoms with E-state index in [0.717, 1.165) is 42.7 Å². The van der Waals surface area contributed by atoms with Crippen molar-refractivity contribution >= 4 is 11.6 Å². The van der Waals surface area contributed by atoms with Gasteiger partial charge in [-0.15, -0.1) is 5.10 Å². The zero-order chi connectivity index (χ0) is 21.1. The van der Waals surface area contributed by atoms with Crippen molar-refractivity contribution in [2.24, 2.45) is 5.92 Å². The Balaban J connectivity index is 1.48. The van der Waals surface area contributed by atoms with Crippen LogP contribution >= 0.6 is 0 Å². The molecule has 1 fully saturated rings. The Morgan fingerprint density at radius 3 is 2.77 bits per heavy atom. The highest BCUT2D eigenvalue weighted by molar-refractivity contribution is 5.79. The first-order valence-corrected chi connectivity index (χ1v) is 10.3. The van der Waals surface area contributed by atoms with Crippen molar-refractivity contribution in [1.82, 2.24) is 24.9 Å². The van der Waals surface area contributed by atoms with Gasteiger partial charge in [-0.05, 0) is 50.5 Å². The van der Waals surface area contributed by atoms with Crippen LogP contribution in [0.2, 0.25) is 0 Å². The lowest BCUT2D eigenvalue weighted by atomic mass is 9.86. The number of nitrogens with zero attached hydrogens (tertiary/aromatic N) is 4. The zero-order valence-electron chi connectivity index (χ0n) is 17.5. The fraction of sp³-hybridized carbons (Fsp3) is 0.455. The third kappa shape index (κ3) is 4.28. The largest absolute Gasteiger partial charge is 0.497 e. The van der Waals surface area contributed by atoms with Gasteiger partial charge in [-0.25, -0.2) is 14.5 Å². The van der Waals surface area contributed by atoms with E-state index in [0.29, 0.717) is 11.5 Å². The van der Waals surface area contributed by atoms with Crippen molar-refractivity contribution in [2.45, 2.75) is 44.8 Å². The van der Waals surface area contributed by atoms with E-state index in [-0.39, 0.29) is 24.0 Å². The molecule has 0 aliphatic heterocycles. The lowest BCUT2D eigenvalue weighted by molar-refractivity contribution is -0.128. The molecule has 1 saturated carbocycles. The monoisotopic (exact) mass is 409 g/mol. The Morgan fingerprint density at radius 1 is 1.23 bits per heavy atom. The molecule has 0 saturated heterocycles. The van der Waals surface area contributed by atoms with E-state index in [2.05, 4.69) is 20.4 Å². The van der Waals surface area contributed by atoms with Gasteiger partial charge in [-0.2, -0.15) is 0 Å². The summed E-state index contributed by atoms with van der Waals surface area (Å²) in [4.78, 5) is 21.8. The molecule has 4 rings (SSSR count). The molecule has 8 heteroatoms. The van der Waals surface area contributed by atoms with Gasteiger partial charge < -0.3 is 14.8 Å². The number of hydrogen-bond donors (Lipinski definition) is 1. The normalized spacial score (nSPS) is 20.1. The van der Waals surface area contributed by atoms with Crippen molar-refractivity contribution in [2.75, 3.05) is 14.2 Å². The van der Waals surface area contributed by atoms with Crippen molar-refractivity contribution < 1.29 is 14.3 Å². The van der Waals surface area contributed by atoms with Gasteiger partial charge in [-0.1, -0.05) is 6.42 Å². The number of benzene rings is 1. The van der Waals surface area contributed by atoms with Crippen molar-refractivity contribution in [3.05, 3.63) is 42.5 Å². The highest BCUT2D eigenvalue weighted by atomic mass is 16.5. The topological polar surface area (TPSA) is 90.6 Å². The highest BCUT2D eigenvalue weighted by Crippen LogP contribution is 2.27. The Labute approximate surface area is 175 Å². The molecule has 30 heavy (non-hydrogen) atoms. The first kappa shape index (κ1) is 20.3. The van der Waals surface area contributed by atoms with Crippen molar-refractivity contribution in [1.29, 1.82) is 0 Å². The smallest absolute Gasteiger partial charge is 0.223 e. The molecular formula is C22H27N5O3. The number of methoxy groups -OCH3 is 2. The van der Waals surface area contributed by atoms with Crippen LogP contribution in [0.1, 0.15) is 44.5 Å². The molecule has 1 aliphatic carbocycles. The van der Waals surface area contributed by atoms with Crippen molar-refractivity contribution in [3.63, 3.8) is 0 Å². The summed E-state index contributed by atoms with van der Waals surface area (Å²) in [5.41, 5.74) is 2.45. The minimum atomic E-state index is -0.287. The SMILES string of the molecule is COc1ccc(-c2cc3nc([C@H](C)NC(=O)[C@@H]4CCC[C@@H](OC)C4)nn3cn2)cc1. The maximum atomic E-state index is 12.7. The van der Waals surface area contributed by atoms with E-state index in [1.807, 2.05) is 37.3 Å². The molecule has 1 N–H and O–H groups in total. The Bertz CT molecular complexity index is 1020. The molecule has 1 aliphatic rings. The average Bonchev–Trinajstić information content (AvgIpc) is 3.23. The summed E-state index contributed by atoms with van der Waals surface area (Å²) in [5, 5.41) is 7.55. The third-order valence-electron chi connectivity index (χ3n) is 5.71. The van der Waals surface area contributed by atoms with Crippen LogP contribution in [0.3, 0.4) is 0 Å². The summed E-state index contributed by atoms with van der Waals surface area (Å²) >= 11 is 0. The standard InChI is InChI=1S/C22H27N5O3/c1-14(24-22(28)16-5-4-6-18(11-16)30-3)21-25-20-12-19(23-13-27(20)26-21)15-7-9-17(29-2)10-8-15/h7-10,12-14,16,18H,4-6,11H2,1-3H3,(H,24,28)/t14-,16+,18+/m0/s1. The molecule has 2 heterocycles. The van der Waals surface area contributed by atoms with Gasteiger partial charge in [0.2, 0.25) is 5.91 Å². The number of rotatable bonds is 6. The molecule has 1 aromatic carbocycles. The quantitative estimate of drug-likeness (QED) is 0.672. The number of aromatic nitrogens is 4. The number of fused-ring (bicyclic) bond motifs is 1. The Hall–Kier alpha value is -3.00. The van der Waals surface area contributed by atoms with Crippen LogP contribution in [0, 0.1) is 5.92 Å². The van der Waals surface area contributed by atoms with Crippen LogP contribution in [-0.4, -0.2) is 45.8 Å². The van der Waals surface area contributed by atoms with E-state index in [1.165, 1.54) is 0 Å². The second-order valence-electron chi connectivity index (χ2n) is 7.73. The van der Waals surface area contributed by atoms with Crippen LogP contribution < -0.4 is 10.1 Å². The van der Waals surface area contributed by atoms with Crippen LogP contribution in [-0.2, 0) is 9.53 Å². The number of amides is 1. The summed E-state index contributed by atoms with van der Waals surface area (Å²) < 4.78 is 12.3. The van der Waals surface area contributed by atoms with Crippen LogP contribution in [0.5, 0.6) is 5.75 Å². The molecule has 2 aromatic heterocycles. The lowest BCUT2D eigenvalue weighted by Crippen LogP contribution is -2.37. The summed E-state index contributed by atoms with van der Waals surface area (Å²) in [6.45, 7) is 1.90. The number of nitrogens with one attached hydrogen (secondary N) is 1. The van der Waals surface area contributed by atoms with E-state index in [9.17, 15) is 4.79 Å². The molecule has 158 valence electrons. The van der Waals surface area contributed by atoms with Crippen LogP contribution in [0.25, 0.3) is 16.9 Å². The second kappa shape index (κ2) is 8.79. The van der Waals surface area contributed by atoms with E-state index in [1.54, 1.807) is 25.1 Å². The molecule has 0 spiro atoms. The van der Waals surface area contributed by atoms with Gasteiger partial charge in [0.05, 0.1) is 24.9 Å². The molecule has 3 atom stereocenters. The van der Waals surface area contributed by atoms with Gasteiger partial charge >= 0.3 is 0 Å². The summed E-state index contributed by atoms with van der Waals surface area (Å²) in [5.74, 6) is 1.38. The first-order valence-electron chi connectivity index (χ1n) is 10.3. The van der Waals surface area contributed by atoms with E-state index < -0.39 is 0 Å². The van der Waals surface area contributed by atoms with E-state index in [4.69, 9.17) is 9.47 Å². The average molecular weight is 409 g/mol. The minimum Gasteiger partial charge on any atom is -0.497 e. The summed E-state index contributed by atoms with van der Waals surface area (Å²) in [6, 6.07) is 9.30. The van der Waals surface area contributed by atoms with Crippen molar-refractivity contribution in [3.8, 4) is 17.0 Å². The number of hydrogen-bond acceptors (Lipinski definition) is 6. The Kier molecular flexibility index (Phi) is 5.94. The number of ether oxygens (including phenoxy) is 2. The molecule has 0 bridgehead atoms. The van der Waals surface area contributed by atoms with Gasteiger partial charge in [0, 0.05) is 24.7 Å². The molecule has 0 unspecified atom stereocenters. The summed E-state index contributed by atoms with van der Waals surface area (Å²) in [7, 11) is 3.35. The summed E-state index contributed by atoms with van der Waals surface area (Å²) in [6.07, 6.45) is 5.50. The molecular weight excluding hydrogens is 382 g/mol. The molecule has 8 nitrogen and oxygen atoms in total. The fourth-order valence-corrected chi connectivity index (χ4v) is 3.91. The molecule has 0 radical (unpaired) electrons. The van der Waals surface area contributed by atoms with Gasteiger partial charge in [0.25, 0.3) is 0 Å². The van der Waals surface area contributed by atoms with Gasteiger partial charge in [0.1, 0.15) is 12.1 Å². The van der Waals surface area contributed by atoms with E-state index >= 15 is 0 Å². The van der Waals surface area contributed by atoms with Gasteiger partial charge in [0.15, 0.2) is 11.5 Å². The first-order chi connectivity index (χ1) is 14.6. The molecule has 3 aromatic rings. The molecule has 1 amide bonds. The Morgan fingerprint density at radius 2 is 2.03 bits per heavy atom. The zero-order valence-corrected chi connectivity index (χ0v) is 17.5. The predicted molar refractivity (Wildman–Crippen MR) is 112 cm³/mol. The highest BCUT2D eigenvalue weighted by Gasteiger charge is 2.28. The maximum Gasteiger partial charge on any atom is 0.223 e. The lowest BCUT2D eigenvalue weighted by Gasteiger charge is -2.28. The second-order valence-corrected chi connectivity index (χ2v) is 7.73. The fourth-order valence-electron chi connectivity index (χ4n) is 3.91. The van der Waals surface area contributed by atoms with Gasteiger partial charge in [-0.3, -0.25) is 4.79 Å². The van der Waals surface area contributed by atoms with Crippen LogP contribution in [0.4, 0.5) is 0 Å². The number of carbonyl (C=O) groups excluding carboxylic acids is 1.